The second-order valence-electron chi connectivity index (χ2n) is 5.15. The number of aromatic nitrogens is 3. The predicted molar refractivity (Wildman–Crippen MR) is 96.3 cm³/mol. The van der Waals surface area contributed by atoms with Crippen LogP contribution in [0.3, 0.4) is 0 Å². The zero-order valence-corrected chi connectivity index (χ0v) is 14.7. The minimum absolute atomic E-state index is 0.0160. The van der Waals surface area contributed by atoms with Crippen LogP contribution in [0.1, 0.15) is 0 Å². The molecular formula is C16H12ClF2N5OS. The highest BCUT2D eigenvalue weighted by atomic mass is 35.5. The average Bonchev–Trinajstić information content (AvgIpc) is 2.97. The van der Waals surface area contributed by atoms with Crippen LogP contribution in [-0.4, -0.2) is 26.5 Å². The molecule has 1 heterocycles. The number of anilines is 1. The molecule has 0 saturated carbocycles. The zero-order chi connectivity index (χ0) is 18.7. The predicted octanol–water partition coefficient (Wildman–Crippen LogP) is 3.32. The number of nitrogens with one attached hydrogen (secondary N) is 1. The van der Waals surface area contributed by atoms with E-state index in [9.17, 15) is 13.6 Å². The van der Waals surface area contributed by atoms with Crippen molar-refractivity contribution in [2.75, 3.05) is 16.9 Å². The molecular weight excluding hydrogens is 384 g/mol. The first-order valence-corrected chi connectivity index (χ1v) is 8.64. The molecule has 1 amide bonds. The topological polar surface area (TPSA) is 85.8 Å². The normalized spacial score (nSPS) is 10.7. The van der Waals surface area contributed by atoms with E-state index in [1.54, 1.807) is 6.07 Å². The number of nitrogens with zero attached hydrogens (tertiary/aromatic N) is 3. The van der Waals surface area contributed by atoms with Crippen LogP contribution in [-0.2, 0) is 4.79 Å². The second kappa shape index (κ2) is 7.71. The van der Waals surface area contributed by atoms with Crippen LogP contribution in [0.2, 0.25) is 5.02 Å². The number of nitrogen functional groups attached to an aromatic ring is 1. The summed E-state index contributed by atoms with van der Waals surface area (Å²) >= 11 is 6.79. The van der Waals surface area contributed by atoms with Crippen LogP contribution in [0, 0.1) is 11.6 Å². The number of rotatable bonds is 5. The Morgan fingerprint density at radius 1 is 1.23 bits per heavy atom. The van der Waals surface area contributed by atoms with Gasteiger partial charge in [0.05, 0.1) is 11.4 Å². The molecule has 0 saturated heterocycles. The van der Waals surface area contributed by atoms with Crippen LogP contribution < -0.4 is 11.2 Å². The van der Waals surface area contributed by atoms with Gasteiger partial charge in [-0.3, -0.25) is 4.79 Å². The first-order valence-electron chi connectivity index (χ1n) is 7.28. The maximum atomic E-state index is 13.6. The highest BCUT2D eigenvalue weighted by Gasteiger charge is 2.15. The van der Waals surface area contributed by atoms with Crippen molar-refractivity contribution >= 4 is 35.0 Å². The highest BCUT2D eigenvalue weighted by molar-refractivity contribution is 7.99. The van der Waals surface area contributed by atoms with Crippen molar-refractivity contribution in [1.29, 1.82) is 0 Å². The number of nitrogens with two attached hydrogens (primary N) is 1. The van der Waals surface area contributed by atoms with Gasteiger partial charge in [0.15, 0.2) is 5.82 Å². The summed E-state index contributed by atoms with van der Waals surface area (Å²) in [6, 6.07) is 9.59. The Morgan fingerprint density at radius 3 is 2.81 bits per heavy atom. The lowest BCUT2D eigenvalue weighted by Crippen LogP contribution is -2.17. The summed E-state index contributed by atoms with van der Waals surface area (Å²) in [5.74, 6) is 4.60. The van der Waals surface area contributed by atoms with Crippen molar-refractivity contribution in [3.05, 3.63) is 59.1 Å². The second-order valence-corrected chi connectivity index (χ2v) is 6.53. The van der Waals surface area contributed by atoms with Gasteiger partial charge in [-0.25, -0.2) is 13.5 Å². The van der Waals surface area contributed by atoms with Crippen molar-refractivity contribution in [2.45, 2.75) is 5.16 Å². The van der Waals surface area contributed by atoms with E-state index in [-0.39, 0.29) is 22.4 Å². The molecule has 2 aromatic carbocycles. The van der Waals surface area contributed by atoms with Gasteiger partial charge in [0.2, 0.25) is 11.1 Å². The van der Waals surface area contributed by atoms with Gasteiger partial charge in [-0.15, -0.1) is 10.2 Å². The molecule has 0 bridgehead atoms. The van der Waals surface area contributed by atoms with Gasteiger partial charge >= 0.3 is 0 Å². The van der Waals surface area contributed by atoms with Crippen LogP contribution in [0.5, 0.6) is 0 Å². The first-order chi connectivity index (χ1) is 12.4. The van der Waals surface area contributed by atoms with E-state index in [0.717, 1.165) is 22.5 Å². The zero-order valence-electron chi connectivity index (χ0n) is 13.1. The third-order valence-electron chi connectivity index (χ3n) is 3.28. The summed E-state index contributed by atoms with van der Waals surface area (Å²) in [6.07, 6.45) is 0. The van der Waals surface area contributed by atoms with Crippen LogP contribution in [0.25, 0.3) is 11.4 Å². The maximum absolute atomic E-state index is 13.6. The molecule has 0 aliphatic rings. The third-order valence-corrected chi connectivity index (χ3v) is 4.46. The molecule has 3 N–H and O–H groups in total. The minimum Gasteiger partial charge on any atom is -0.335 e. The Bertz CT molecular complexity index is 966. The van der Waals surface area contributed by atoms with Crippen LogP contribution in [0.4, 0.5) is 14.5 Å². The Balaban J connectivity index is 1.67. The average molecular weight is 396 g/mol. The highest BCUT2D eigenvalue weighted by Crippen LogP contribution is 2.23. The number of carbonyl (C=O) groups excluding carboxylic acids is 1. The van der Waals surface area contributed by atoms with Gasteiger partial charge in [-0.1, -0.05) is 35.5 Å². The lowest BCUT2D eigenvalue weighted by atomic mass is 10.2. The van der Waals surface area contributed by atoms with Gasteiger partial charge < -0.3 is 11.2 Å². The number of carbonyl (C=O) groups is 1. The van der Waals surface area contributed by atoms with Gasteiger partial charge in [-0.2, -0.15) is 0 Å². The van der Waals surface area contributed by atoms with E-state index < -0.39 is 17.5 Å². The van der Waals surface area contributed by atoms with Crippen molar-refractivity contribution in [2.24, 2.45) is 0 Å². The Morgan fingerprint density at radius 2 is 2.04 bits per heavy atom. The summed E-state index contributed by atoms with van der Waals surface area (Å²) in [7, 11) is 0. The molecule has 26 heavy (non-hydrogen) atoms. The molecule has 0 fully saturated rings. The summed E-state index contributed by atoms with van der Waals surface area (Å²) in [6.45, 7) is 0. The molecule has 0 aliphatic heterocycles. The van der Waals surface area contributed by atoms with Crippen molar-refractivity contribution in [1.82, 2.24) is 14.9 Å². The lowest BCUT2D eigenvalue weighted by molar-refractivity contribution is -0.113. The van der Waals surface area contributed by atoms with Crippen molar-refractivity contribution in [3.63, 3.8) is 0 Å². The SMILES string of the molecule is Nn1c(SCC(=O)Nc2cc(Cl)ccc2F)nnc1-c1cccc(F)c1. The number of hydrogen-bond donors (Lipinski definition) is 2. The monoisotopic (exact) mass is 395 g/mol. The number of halogens is 3. The van der Waals surface area contributed by atoms with Crippen LogP contribution >= 0.6 is 23.4 Å². The van der Waals surface area contributed by atoms with Crippen LogP contribution in [0.15, 0.2) is 47.6 Å². The van der Waals surface area contributed by atoms with E-state index in [4.69, 9.17) is 17.4 Å². The molecule has 134 valence electrons. The quantitative estimate of drug-likeness (QED) is 0.511. The molecule has 0 unspecified atom stereocenters. The molecule has 1 aromatic heterocycles. The lowest BCUT2D eigenvalue weighted by Gasteiger charge is -2.07. The fourth-order valence-corrected chi connectivity index (χ4v) is 2.94. The fraction of sp³-hybridized carbons (Fsp3) is 0.0625. The van der Waals surface area contributed by atoms with Gasteiger partial charge in [-0.05, 0) is 30.3 Å². The Labute approximate surface area is 156 Å². The Kier molecular flexibility index (Phi) is 5.38. The standard InChI is InChI=1S/C16H12ClF2N5OS/c17-10-4-5-12(19)13(7-10)21-14(25)8-26-16-23-22-15(24(16)20)9-2-1-3-11(18)6-9/h1-7H,8,20H2,(H,21,25). The van der Waals surface area contributed by atoms with E-state index >= 15 is 0 Å². The molecule has 0 aliphatic carbocycles. The smallest absolute Gasteiger partial charge is 0.234 e. The number of benzene rings is 2. The molecule has 3 rings (SSSR count). The molecule has 6 nitrogen and oxygen atoms in total. The fourth-order valence-electron chi connectivity index (χ4n) is 2.11. The van der Waals surface area contributed by atoms with Gasteiger partial charge in [0.1, 0.15) is 11.6 Å². The van der Waals surface area contributed by atoms with Crippen molar-refractivity contribution in [3.8, 4) is 11.4 Å². The van der Waals surface area contributed by atoms with E-state index in [1.165, 1.54) is 30.3 Å². The first kappa shape index (κ1) is 18.2. The molecule has 0 spiro atoms. The van der Waals surface area contributed by atoms with Gasteiger partial charge in [0.25, 0.3) is 0 Å². The largest absolute Gasteiger partial charge is 0.335 e. The number of thioether (sulfide) groups is 1. The molecule has 0 atom stereocenters. The third kappa shape index (κ3) is 4.12. The number of hydrogen-bond acceptors (Lipinski definition) is 5. The summed E-state index contributed by atoms with van der Waals surface area (Å²) in [5.41, 5.74) is 0.440. The minimum atomic E-state index is -0.594. The van der Waals surface area contributed by atoms with E-state index in [2.05, 4.69) is 15.5 Å². The summed E-state index contributed by atoms with van der Waals surface area (Å²) in [4.78, 5) is 12.0. The molecule has 0 radical (unpaired) electrons. The van der Waals surface area contributed by atoms with Crippen molar-refractivity contribution < 1.29 is 13.6 Å². The number of amides is 1. The Hall–Kier alpha value is -2.65. The maximum Gasteiger partial charge on any atom is 0.234 e. The van der Waals surface area contributed by atoms with Gasteiger partial charge in [0, 0.05) is 10.6 Å². The summed E-state index contributed by atoms with van der Waals surface area (Å²) < 4.78 is 28.1. The van der Waals surface area contributed by atoms with E-state index in [0.29, 0.717) is 10.6 Å². The molecule has 10 heteroatoms. The molecule has 3 aromatic rings. The van der Waals surface area contributed by atoms with E-state index in [1.807, 2.05) is 0 Å². The summed E-state index contributed by atoms with van der Waals surface area (Å²) in [5, 5.41) is 10.8.